The van der Waals surface area contributed by atoms with Crippen molar-refractivity contribution in [1.29, 1.82) is 0 Å². The average molecular weight is 265 g/mol. The maximum Gasteiger partial charge on any atom is 0.123 e. The molecule has 0 spiro atoms. The van der Waals surface area contributed by atoms with Gasteiger partial charge in [0.1, 0.15) is 5.82 Å². The fourth-order valence-electron chi connectivity index (χ4n) is 2.72. The van der Waals surface area contributed by atoms with Gasteiger partial charge in [-0.2, -0.15) is 11.8 Å². The van der Waals surface area contributed by atoms with Crippen LogP contribution < -0.4 is 5.32 Å². The Morgan fingerprint density at radius 3 is 2.61 bits per heavy atom. The third kappa shape index (κ3) is 3.07. The van der Waals surface area contributed by atoms with Gasteiger partial charge in [0.25, 0.3) is 0 Å². The van der Waals surface area contributed by atoms with Gasteiger partial charge in [-0.05, 0) is 55.1 Å². The zero-order valence-corrected chi connectivity index (χ0v) is 11.4. The zero-order valence-electron chi connectivity index (χ0n) is 10.6. The van der Waals surface area contributed by atoms with Crippen LogP contribution in [0.3, 0.4) is 0 Å². The summed E-state index contributed by atoms with van der Waals surface area (Å²) >= 11 is 2.09. The van der Waals surface area contributed by atoms with Gasteiger partial charge in [0, 0.05) is 17.8 Å². The highest BCUT2D eigenvalue weighted by Gasteiger charge is 2.32. The van der Waals surface area contributed by atoms with E-state index in [-0.39, 0.29) is 5.82 Å². The second-order valence-electron chi connectivity index (χ2n) is 5.41. The molecular formula is C15H20FNS. The van der Waals surface area contributed by atoms with Crippen molar-refractivity contribution < 1.29 is 4.39 Å². The second-order valence-corrected chi connectivity index (χ2v) is 6.82. The topological polar surface area (TPSA) is 12.0 Å². The summed E-state index contributed by atoms with van der Waals surface area (Å²) in [6, 6.07) is 7.47. The molecule has 2 unspecified atom stereocenters. The van der Waals surface area contributed by atoms with E-state index in [0.717, 1.165) is 17.7 Å². The largest absolute Gasteiger partial charge is 0.309 e. The van der Waals surface area contributed by atoms with Crippen molar-refractivity contribution in [1.82, 2.24) is 5.32 Å². The molecule has 2 aliphatic rings. The molecule has 1 nitrogen and oxygen atoms in total. The van der Waals surface area contributed by atoms with Gasteiger partial charge < -0.3 is 5.32 Å². The van der Waals surface area contributed by atoms with Crippen molar-refractivity contribution >= 4 is 11.8 Å². The summed E-state index contributed by atoms with van der Waals surface area (Å²) in [5, 5.41) is 4.50. The van der Waals surface area contributed by atoms with Crippen LogP contribution in [0.1, 0.15) is 37.3 Å². The Labute approximate surface area is 113 Å². The zero-order chi connectivity index (χ0) is 12.4. The highest BCUT2D eigenvalue weighted by Crippen LogP contribution is 2.41. The molecule has 1 heterocycles. The van der Waals surface area contributed by atoms with Gasteiger partial charge in [0.05, 0.1) is 0 Å². The first-order valence-electron chi connectivity index (χ1n) is 6.93. The van der Waals surface area contributed by atoms with E-state index in [0.29, 0.717) is 6.04 Å². The molecule has 0 aromatic heterocycles. The first-order valence-corrected chi connectivity index (χ1v) is 7.98. The standard InChI is InChI=1S/C15H20FNS/c16-13-7-5-12(6-8-13)15(11-3-4-11)17-10-14-2-1-9-18-14/h5-8,11,14-15,17H,1-4,9-10H2. The van der Waals surface area contributed by atoms with Gasteiger partial charge in [0.2, 0.25) is 0 Å². The molecule has 2 atom stereocenters. The van der Waals surface area contributed by atoms with Gasteiger partial charge in [-0.1, -0.05) is 12.1 Å². The van der Waals surface area contributed by atoms with Crippen molar-refractivity contribution in [2.75, 3.05) is 12.3 Å². The van der Waals surface area contributed by atoms with Crippen LogP contribution >= 0.6 is 11.8 Å². The summed E-state index contributed by atoms with van der Waals surface area (Å²) in [6.07, 6.45) is 5.33. The van der Waals surface area contributed by atoms with E-state index in [9.17, 15) is 4.39 Å². The van der Waals surface area contributed by atoms with Crippen molar-refractivity contribution in [3.8, 4) is 0 Å². The number of benzene rings is 1. The Bertz CT molecular complexity index is 382. The van der Waals surface area contributed by atoms with Crippen LogP contribution in [0.15, 0.2) is 24.3 Å². The summed E-state index contributed by atoms with van der Waals surface area (Å²) in [5.74, 6) is 1.94. The molecule has 1 aliphatic carbocycles. The lowest BCUT2D eigenvalue weighted by molar-refractivity contribution is 0.476. The smallest absolute Gasteiger partial charge is 0.123 e. The van der Waals surface area contributed by atoms with Gasteiger partial charge in [-0.15, -0.1) is 0 Å². The summed E-state index contributed by atoms with van der Waals surface area (Å²) < 4.78 is 13.0. The van der Waals surface area contributed by atoms with Gasteiger partial charge in [-0.25, -0.2) is 4.39 Å². The van der Waals surface area contributed by atoms with E-state index < -0.39 is 0 Å². The maximum atomic E-state index is 13.0. The molecule has 3 heteroatoms. The minimum absolute atomic E-state index is 0.139. The predicted molar refractivity (Wildman–Crippen MR) is 75.3 cm³/mol. The van der Waals surface area contributed by atoms with Crippen LogP contribution in [0.2, 0.25) is 0 Å². The highest BCUT2D eigenvalue weighted by atomic mass is 32.2. The number of hydrogen-bond acceptors (Lipinski definition) is 2. The number of thioether (sulfide) groups is 1. The van der Waals surface area contributed by atoms with Crippen LogP contribution in [-0.4, -0.2) is 17.5 Å². The molecule has 1 saturated heterocycles. The van der Waals surface area contributed by atoms with Gasteiger partial charge in [-0.3, -0.25) is 0 Å². The molecule has 18 heavy (non-hydrogen) atoms. The lowest BCUT2D eigenvalue weighted by Gasteiger charge is -2.21. The third-order valence-corrected chi connectivity index (χ3v) is 5.31. The van der Waals surface area contributed by atoms with E-state index in [1.165, 1.54) is 37.0 Å². The first-order chi connectivity index (χ1) is 8.83. The summed E-state index contributed by atoms with van der Waals surface area (Å²) in [6.45, 7) is 1.10. The van der Waals surface area contributed by atoms with E-state index >= 15 is 0 Å². The molecule has 1 saturated carbocycles. The van der Waals surface area contributed by atoms with Crippen LogP contribution in [0.25, 0.3) is 0 Å². The normalized spacial score (nSPS) is 25.3. The molecule has 2 fully saturated rings. The average Bonchev–Trinajstić information content (AvgIpc) is 3.08. The quantitative estimate of drug-likeness (QED) is 0.870. The van der Waals surface area contributed by atoms with E-state index in [2.05, 4.69) is 17.1 Å². The summed E-state index contributed by atoms with van der Waals surface area (Å²) in [7, 11) is 0. The fourth-order valence-corrected chi connectivity index (χ4v) is 3.93. The van der Waals surface area contributed by atoms with E-state index in [4.69, 9.17) is 0 Å². The lowest BCUT2D eigenvalue weighted by atomic mass is 10.0. The minimum Gasteiger partial charge on any atom is -0.309 e. The van der Waals surface area contributed by atoms with Crippen molar-refractivity contribution in [3.63, 3.8) is 0 Å². The number of hydrogen-bond donors (Lipinski definition) is 1. The van der Waals surface area contributed by atoms with Crippen LogP contribution in [-0.2, 0) is 0 Å². The summed E-state index contributed by atoms with van der Waals surface area (Å²) in [5.41, 5.74) is 1.25. The first kappa shape index (κ1) is 12.5. The number of nitrogens with one attached hydrogen (secondary N) is 1. The maximum absolute atomic E-state index is 13.0. The number of halogens is 1. The SMILES string of the molecule is Fc1ccc(C(NCC2CCCS2)C2CC2)cc1. The fraction of sp³-hybridized carbons (Fsp3) is 0.600. The molecule has 3 rings (SSSR count). The van der Waals surface area contributed by atoms with Crippen LogP contribution in [0.4, 0.5) is 4.39 Å². The van der Waals surface area contributed by atoms with Gasteiger partial charge >= 0.3 is 0 Å². The Kier molecular flexibility index (Phi) is 3.90. The Hall–Kier alpha value is -0.540. The monoisotopic (exact) mass is 265 g/mol. The minimum atomic E-state index is -0.139. The highest BCUT2D eigenvalue weighted by molar-refractivity contribution is 8.00. The molecule has 0 bridgehead atoms. The molecule has 1 aliphatic heterocycles. The Balaban J connectivity index is 1.62. The molecular weight excluding hydrogens is 245 g/mol. The molecule has 1 aromatic rings. The Morgan fingerprint density at radius 1 is 1.22 bits per heavy atom. The van der Waals surface area contributed by atoms with Crippen molar-refractivity contribution in [2.24, 2.45) is 5.92 Å². The second kappa shape index (κ2) is 5.62. The molecule has 1 aromatic carbocycles. The van der Waals surface area contributed by atoms with Gasteiger partial charge in [0.15, 0.2) is 0 Å². The van der Waals surface area contributed by atoms with Crippen molar-refractivity contribution in [2.45, 2.75) is 37.0 Å². The Morgan fingerprint density at radius 2 is 2.00 bits per heavy atom. The number of rotatable bonds is 5. The van der Waals surface area contributed by atoms with Crippen LogP contribution in [0.5, 0.6) is 0 Å². The molecule has 1 N–H and O–H groups in total. The lowest BCUT2D eigenvalue weighted by Crippen LogP contribution is -2.29. The molecule has 98 valence electrons. The summed E-state index contributed by atoms with van der Waals surface area (Å²) in [4.78, 5) is 0. The molecule has 0 amide bonds. The predicted octanol–water partition coefficient (Wildman–Crippen LogP) is 3.76. The van der Waals surface area contributed by atoms with Crippen molar-refractivity contribution in [3.05, 3.63) is 35.6 Å². The molecule has 0 radical (unpaired) electrons. The van der Waals surface area contributed by atoms with Crippen LogP contribution in [0, 0.1) is 11.7 Å². The van der Waals surface area contributed by atoms with E-state index in [1.807, 2.05) is 12.1 Å². The third-order valence-electron chi connectivity index (χ3n) is 3.91. The van der Waals surface area contributed by atoms with E-state index in [1.54, 1.807) is 12.1 Å².